The molecule has 24 heavy (non-hydrogen) atoms. The van der Waals surface area contributed by atoms with Gasteiger partial charge in [-0.3, -0.25) is 10.2 Å². The van der Waals surface area contributed by atoms with Crippen LogP contribution >= 0.6 is 11.6 Å². The molecule has 1 N–H and O–H groups in total. The third kappa shape index (κ3) is 3.19. The molecule has 0 aliphatic carbocycles. The number of halogens is 1. The Morgan fingerprint density at radius 1 is 1.08 bits per heavy atom. The molecule has 0 aliphatic rings. The van der Waals surface area contributed by atoms with Gasteiger partial charge < -0.3 is 9.13 Å². The smallest absolute Gasteiger partial charge is 0.202 e. The van der Waals surface area contributed by atoms with Crippen LogP contribution in [0.15, 0.2) is 54.7 Å². The topological polar surface area (TPSA) is 50.8 Å². The largest absolute Gasteiger partial charge is 0.314 e. The predicted octanol–water partition coefficient (Wildman–Crippen LogP) is 3.82. The summed E-state index contributed by atoms with van der Waals surface area (Å²) in [5.41, 5.74) is 3.99. The first-order valence-corrected chi connectivity index (χ1v) is 8.00. The predicted molar refractivity (Wildman–Crippen MR) is 95.2 cm³/mol. The number of imidazole rings is 1. The van der Waals surface area contributed by atoms with E-state index in [-0.39, 0.29) is 17.9 Å². The van der Waals surface area contributed by atoms with E-state index in [9.17, 15) is 4.79 Å². The normalized spacial score (nSPS) is 10.8. The summed E-state index contributed by atoms with van der Waals surface area (Å²) in [6, 6.07) is 14.9. The highest BCUT2D eigenvalue weighted by molar-refractivity contribution is 6.30. The highest BCUT2D eigenvalue weighted by atomic mass is 35.5. The van der Waals surface area contributed by atoms with E-state index in [1.165, 1.54) is 5.56 Å². The van der Waals surface area contributed by atoms with Crippen LogP contribution in [0.3, 0.4) is 0 Å². The van der Waals surface area contributed by atoms with Crippen LogP contribution in [-0.2, 0) is 13.6 Å². The molecule has 0 atom stereocenters. The van der Waals surface area contributed by atoms with Crippen LogP contribution in [0.25, 0.3) is 11.3 Å². The van der Waals surface area contributed by atoms with E-state index in [0.717, 1.165) is 11.3 Å². The number of Topliss-reactive ketones (excluding diaryl/α,β-unsaturated/α-hetero) is 1. The maximum absolute atomic E-state index is 12.4. The van der Waals surface area contributed by atoms with Crippen LogP contribution in [0, 0.1) is 12.3 Å². The summed E-state index contributed by atoms with van der Waals surface area (Å²) in [6.07, 6.45) is 1.85. The number of nitrogens with one attached hydrogen (secondary N) is 1. The number of hydrogen-bond acceptors (Lipinski definition) is 2. The number of hydrogen-bond donors (Lipinski definition) is 1. The molecular weight excluding hydrogens is 322 g/mol. The number of aryl methyl sites for hydroxylation is 1. The van der Waals surface area contributed by atoms with E-state index in [0.29, 0.717) is 10.6 Å². The molecule has 2 aromatic carbocycles. The van der Waals surface area contributed by atoms with Gasteiger partial charge in [0.1, 0.15) is 0 Å². The fraction of sp³-hybridized carbons (Fsp3) is 0.158. The minimum atomic E-state index is -0.0498. The van der Waals surface area contributed by atoms with Crippen LogP contribution in [0.4, 0.5) is 0 Å². The van der Waals surface area contributed by atoms with Gasteiger partial charge in [0, 0.05) is 23.8 Å². The summed E-state index contributed by atoms with van der Waals surface area (Å²) in [5.74, 6) is -0.0498. The van der Waals surface area contributed by atoms with Crippen molar-refractivity contribution in [3.63, 3.8) is 0 Å². The first kappa shape index (κ1) is 16.3. The maximum Gasteiger partial charge on any atom is 0.202 e. The van der Waals surface area contributed by atoms with Crippen LogP contribution < -0.4 is 5.62 Å². The Hall–Kier alpha value is -2.59. The van der Waals surface area contributed by atoms with Crippen molar-refractivity contribution < 1.29 is 4.79 Å². The summed E-state index contributed by atoms with van der Waals surface area (Å²) in [6.45, 7) is 2.16. The van der Waals surface area contributed by atoms with Gasteiger partial charge >= 0.3 is 0 Å². The average molecular weight is 340 g/mol. The third-order valence-electron chi connectivity index (χ3n) is 4.06. The van der Waals surface area contributed by atoms with Crippen LogP contribution in [-0.4, -0.2) is 14.9 Å². The van der Waals surface area contributed by atoms with E-state index >= 15 is 0 Å². The number of carbonyl (C=O) groups excluding carboxylic acids is 1. The molecule has 4 nitrogen and oxygen atoms in total. The van der Waals surface area contributed by atoms with Gasteiger partial charge in [-0.25, -0.2) is 0 Å². The highest BCUT2D eigenvalue weighted by Crippen LogP contribution is 2.18. The average Bonchev–Trinajstić information content (AvgIpc) is 2.85. The zero-order valence-electron chi connectivity index (χ0n) is 13.6. The quantitative estimate of drug-likeness (QED) is 0.722. The van der Waals surface area contributed by atoms with Crippen LogP contribution in [0.1, 0.15) is 15.9 Å². The zero-order chi connectivity index (χ0) is 17.3. The molecule has 3 rings (SSSR count). The van der Waals surface area contributed by atoms with Crippen molar-refractivity contribution in [2.75, 3.05) is 0 Å². The van der Waals surface area contributed by atoms with Gasteiger partial charge in [-0.05, 0) is 36.8 Å². The van der Waals surface area contributed by atoms with Crippen LogP contribution in [0.2, 0.25) is 5.02 Å². The molecule has 0 saturated carbocycles. The van der Waals surface area contributed by atoms with Gasteiger partial charge in [-0.1, -0.05) is 41.4 Å². The fourth-order valence-corrected chi connectivity index (χ4v) is 2.72. The minimum Gasteiger partial charge on any atom is -0.314 e. The van der Waals surface area contributed by atoms with Gasteiger partial charge in [0.2, 0.25) is 5.62 Å². The minimum absolute atomic E-state index is 0.0498. The van der Waals surface area contributed by atoms with Gasteiger partial charge in [0.05, 0.1) is 12.2 Å². The summed E-state index contributed by atoms with van der Waals surface area (Å²) in [7, 11) is 1.83. The number of carbonyl (C=O) groups is 1. The molecule has 122 valence electrons. The van der Waals surface area contributed by atoms with Crippen molar-refractivity contribution in [2.45, 2.75) is 13.5 Å². The lowest BCUT2D eigenvalue weighted by molar-refractivity contribution is 0.0970. The number of aromatic nitrogens is 2. The Labute approximate surface area is 145 Å². The number of ketones is 1. The third-order valence-corrected chi connectivity index (χ3v) is 4.31. The molecule has 0 amide bonds. The van der Waals surface area contributed by atoms with E-state index < -0.39 is 0 Å². The lowest BCUT2D eigenvalue weighted by Gasteiger charge is -2.02. The van der Waals surface area contributed by atoms with Gasteiger partial charge in [0.25, 0.3) is 0 Å². The van der Waals surface area contributed by atoms with Gasteiger partial charge in [0.15, 0.2) is 5.78 Å². The van der Waals surface area contributed by atoms with E-state index in [1.807, 2.05) is 44.4 Å². The van der Waals surface area contributed by atoms with Crippen molar-refractivity contribution >= 4 is 17.4 Å². The first-order valence-electron chi connectivity index (χ1n) is 7.62. The number of rotatable bonds is 4. The van der Waals surface area contributed by atoms with Gasteiger partial charge in [-0.15, -0.1) is 0 Å². The molecule has 0 bridgehead atoms. The second-order valence-electron chi connectivity index (χ2n) is 5.82. The van der Waals surface area contributed by atoms with Gasteiger partial charge in [-0.2, -0.15) is 0 Å². The van der Waals surface area contributed by atoms with E-state index in [1.54, 1.807) is 33.4 Å². The van der Waals surface area contributed by atoms with Crippen molar-refractivity contribution in [3.05, 3.63) is 76.5 Å². The molecule has 0 saturated heterocycles. The Morgan fingerprint density at radius 3 is 2.33 bits per heavy atom. The lowest BCUT2D eigenvalue weighted by Crippen LogP contribution is -2.25. The van der Waals surface area contributed by atoms with E-state index in [2.05, 4.69) is 0 Å². The summed E-state index contributed by atoms with van der Waals surface area (Å²) in [5, 5.41) is 8.85. The molecule has 0 unspecified atom stereocenters. The molecule has 1 heterocycles. The van der Waals surface area contributed by atoms with Crippen molar-refractivity contribution in [1.82, 2.24) is 9.13 Å². The monoisotopic (exact) mass is 339 g/mol. The molecule has 0 fully saturated rings. The summed E-state index contributed by atoms with van der Waals surface area (Å²) < 4.78 is 3.44. The molecule has 1 aromatic heterocycles. The molecule has 5 heteroatoms. The van der Waals surface area contributed by atoms with E-state index in [4.69, 9.17) is 17.0 Å². The van der Waals surface area contributed by atoms with Crippen molar-refractivity contribution in [1.29, 1.82) is 5.41 Å². The highest BCUT2D eigenvalue weighted by Gasteiger charge is 2.12. The number of nitrogens with zero attached hydrogens (tertiary/aromatic N) is 2. The molecule has 0 radical (unpaired) electrons. The maximum atomic E-state index is 12.4. The Balaban J connectivity index is 1.91. The second-order valence-corrected chi connectivity index (χ2v) is 6.26. The zero-order valence-corrected chi connectivity index (χ0v) is 14.3. The SMILES string of the molecule is Cc1ccc(-c2cn(CC(=O)c3ccc(Cl)cc3)c(=N)n2C)cc1. The van der Waals surface area contributed by atoms with Crippen LogP contribution in [0.5, 0.6) is 0 Å². The molecule has 0 aliphatic heterocycles. The number of benzene rings is 2. The van der Waals surface area contributed by atoms with Crippen molar-refractivity contribution in [2.24, 2.45) is 7.05 Å². The Morgan fingerprint density at radius 2 is 1.71 bits per heavy atom. The first-order chi connectivity index (χ1) is 11.5. The Kier molecular flexibility index (Phi) is 4.40. The Bertz CT molecular complexity index is 934. The molecular formula is C19H18ClN3O. The van der Waals surface area contributed by atoms with Crippen molar-refractivity contribution in [3.8, 4) is 11.3 Å². The summed E-state index contributed by atoms with van der Waals surface area (Å²) >= 11 is 5.85. The fourth-order valence-electron chi connectivity index (χ4n) is 2.60. The molecule has 0 spiro atoms. The lowest BCUT2D eigenvalue weighted by atomic mass is 10.1. The second kappa shape index (κ2) is 6.49. The molecule has 3 aromatic rings. The standard InChI is InChI=1S/C19H18ClN3O/c1-13-3-5-14(6-4-13)17-11-23(19(21)22(17)2)12-18(24)15-7-9-16(20)10-8-15/h3-11,21H,12H2,1-2H3. The summed E-state index contributed by atoms with van der Waals surface area (Å²) in [4.78, 5) is 12.4.